The summed E-state index contributed by atoms with van der Waals surface area (Å²) in [6.45, 7) is 1.90. The Balaban J connectivity index is 1.63. The predicted octanol–water partition coefficient (Wildman–Crippen LogP) is 1.84. The topological polar surface area (TPSA) is 82.9 Å². The van der Waals surface area contributed by atoms with Crippen molar-refractivity contribution >= 4 is 5.95 Å². The fourth-order valence-corrected chi connectivity index (χ4v) is 2.34. The van der Waals surface area contributed by atoms with Gasteiger partial charge in [-0.25, -0.2) is 9.37 Å². The summed E-state index contributed by atoms with van der Waals surface area (Å²) in [5.41, 5.74) is 0.655. The molecule has 2 aromatic rings. The SMILES string of the molecule is N#Cc1ccc(COc2ccnc(N[C@@H]3CCNC3)n2)c(F)c1. The van der Waals surface area contributed by atoms with Gasteiger partial charge in [-0.1, -0.05) is 6.07 Å². The van der Waals surface area contributed by atoms with Crippen LogP contribution in [0, 0.1) is 17.1 Å². The zero-order valence-corrected chi connectivity index (χ0v) is 12.4. The van der Waals surface area contributed by atoms with Gasteiger partial charge in [0.1, 0.15) is 12.4 Å². The first-order valence-corrected chi connectivity index (χ1v) is 7.36. The Bertz CT molecular complexity index is 725. The van der Waals surface area contributed by atoms with Crippen molar-refractivity contribution in [1.29, 1.82) is 5.26 Å². The van der Waals surface area contributed by atoms with Crippen LogP contribution in [0.3, 0.4) is 0 Å². The van der Waals surface area contributed by atoms with Crippen molar-refractivity contribution in [2.24, 2.45) is 0 Å². The van der Waals surface area contributed by atoms with Crippen LogP contribution in [0.5, 0.6) is 5.88 Å². The van der Waals surface area contributed by atoms with Gasteiger partial charge in [-0.3, -0.25) is 0 Å². The molecular weight excluding hydrogens is 297 g/mol. The first-order valence-electron chi connectivity index (χ1n) is 7.36. The number of nitrogens with zero attached hydrogens (tertiary/aromatic N) is 3. The van der Waals surface area contributed by atoms with Crippen molar-refractivity contribution in [1.82, 2.24) is 15.3 Å². The average molecular weight is 313 g/mol. The molecule has 2 N–H and O–H groups in total. The van der Waals surface area contributed by atoms with Gasteiger partial charge in [0.2, 0.25) is 11.8 Å². The van der Waals surface area contributed by atoms with Crippen LogP contribution in [-0.2, 0) is 6.61 Å². The molecule has 118 valence electrons. The maximum atomic E-state index is 13.8. The summed E-state index contributed by atoms with van der Waals surface area (Å²) < 4.78 is 19.3. The first kappa shape index (κ1) is 15.2. The van der Waals surface area contributed by atoms with Crippen molar-refractivity contribution in [2.75, 3.05) is 18.4 Å². The number of anilines is 1. The molecule has 6 nitrogen and oxygen atoms in total. The zero-order chi connectivity index (χ0) is 16.1. The molecule has 2 heterocycles. The normalized spacial score (nSPS) is 16.8. The van der Waals surface area contributed by atoms with Crippen LogP contribution in [0.4, 0.5) is 10.3 Å². The van der Waals surface area contributed by atoms with Gasteiger partial charge in [-0.05, 0) is 25.1 Å². The Kier molecular flexibility index (Phi) is 4.64. The molecule has 1 fully saturated rings. The molecule has 1 aromatic carbocycles. The maximum Gasteiger partial charge on any atom is 0.226 e. The molecule has 1 aliphatic rings. The lowest BCUT2D eigenvalue weighted by atomic mass is 10.1. The number of hydrogen-bond donors (Lipinski definition) is 2. The molecule has 0 unspecified atom stereocenters. The van der Waals surface area contributed by atoms with Crippen molar-refractivity contribution in [3.05, 3.63) is 47.4 Å². The lowest BCUT2D eigenvalue weighted by molar-refractivity contribution is 0.288. The highest BCUT2D eigenvalue weighted by Crippen LogP contribution is 2.15. The van der Waals surface area contributed by atoms with E-state index in [0.29, 0.717) is 23.4 Å². The standard InChI is InChI=1S/C16H16FN5O/c17-14-7-11(8-18)1-2-12(14)10-23-15-4-6-20-16(22-15)21-13-3-5-19-9-13/h1-2,4,6-7,13,19H,3,5,9-10H2,(H,20,21,22)/t13-/m1/s1. The lowest BCUT2D eigenvalue weighted by Crippen LogP contribution is -2.23. The Morgan fingerprint density at radius 3 is 3.09 bits per heavy atom. The molecule has 0 saturated carbocycles. The van der Waals surface area contributed by atoms with E-state index in [9.17, 15) is 4.39 Å². The van der Waals surface area contributed by atoms with Crippen LogP contribution in [-0.4, -0.2) is 29.1 Å². The lowest BCUT2D eigenvalue weighted by Gasteiger charge is -2.12. The number of nitrogens with one attached hydrogen (secondary N) is 2. The summed E-state index contributed by atoms with van der Waals surface area (Å²) in [5.74, 6) is 0.405. The Hall–Kier alpha value is -2.72. The fraction of sp³-hybridized carbons (Fsp3) is 0.312. The van der Waals surface area contributed by atoms with E-state index in [1.165, 1.54) is 6.07 Å². The molecule has 23 heavy (non-hydrogen) atoms. The molecule has 1 saturated heterocycles. The number of nitriles is 1. The number of halogens is 1. The van der Waals surface area contributed by atoms with E-state index >= 15 is 0 Å². The van der Waals surface area contributed by atoms with Gasteiger partial charge in [0.05, 0.1) is 11.6 Å². The second-order valence-corrected chi connectivity index (χ2v) is 5.26. The molecule has 0 aliphatic carbocycles. The number of benzene rings is 1. The summed E-state index contributed by atoms with van der Waals surface area (Å²) >= 11 is 0. The highest BCUT2D eigenvalue weighted by atomic mass is 19.1. The first-order chi connectivity index (χ1) is 11.2. The van der Waals surface area contributed by atoms with Crippen LogP contribution >= 0.6 is 0 Å². The van der Waals surface area contributed by atoms with Crippen molar-refractivity contribution < 1.29 is 9.13 Å². The molecule has 0 spiro atoms. The summed E-state index contributed by atoms with van der Waals surface area (Å²) in [6, 6.07) is 8.12. The van der Waals surface area contributed by atoms with Crippen LogP contribution in [0.25, 0.3) is 0 Å². The quantitative estimate of drug-likeness (QED) is 0.876. The van der Waals surface area contributed by atoms with Crippen LogP contribution < -0.4 is 15.4 Å². The van der Waals surface area contributed by atoms with E-state index in [1.54, 1.807) is 24.4 Å². The minimum atomic E-state index is -0.464. The smallest absolute Gasteiger partial charge is 0.226 e. The summed E-state index contributed by atoms with van der Waals surface area (Å²) in [4.78, 5) is 8.43. The number of ether oxygens (including phenoxy) is 1. The highest BCUT2D eigenvalue weighted by Gasteiger charge is 2.15. The average Bonchev–Trinajstić information content (AvgIpc) is 3.07. The molecule has 0 radical (unpaired) electrons. The second kappa shape index (κ2) is 7.03. The van der Waals surface area contributed by atoms with Crippen LogP contribution in [0.1, 0.15) is 17.5 Å². The van der Waals surface area contributed by atoms with Gasteiger partial charge >= 0.3 is 0 Å². The van der Waals surface area contributed by atoms with E-state index in [-0.39, 0.29) is 12.2 Å². The third-order valence-corrected chi connectivity index (χ3v) is 3.58. The molecular formula is C16H16FN5O. The largest absolute Gasteiger partial charge is 0.473 e. The van der Waals surface area contributed by atoms with Gasteiger partial charge in [0.15, 0.2) is 0 Å². The van der Waals surface area contributed by atoms with Crippen molar-refractivity contribution in [2.45, 2.75) is 19.1 Å². The van der Waals surface area contributed by atoms with E-state index in [0.717, 1.165) is 19.5 Å². The molecule has 1 atom stereocenters. The van der Waals surface area contributed by atoms with Gasteiger partial charge in [-0.2, -0.15) is 10.2 Å². The van der Waals surface area contributed by atoms with E-state index in [2.05, 4.69) is 20.6 Å². The minimum Gasteiger partial charge on any atom is -0.473 e. The number of hydrogen-bond acceptors (Lipinski definition) is 6. The third kappa shape index (κ3) is 3.93. The van der Waals surface area contributed by atoms with Gasteiger partial charge < -0.3 is 15.4 Å². The van der Waals surface area contributed by atoms with Gasteiger partial charge in [0, 0.05) is 30.4 Å². The number of rotatable bonds is 5. The summed E-state index contributed by atoms with van der Waals surface area (Å²) in [5, 5.41) is 15.2. The summed E-state index contributed by atoms with van der Waals surface area (Å²) in [6.07, 6.45) is 2.62. The minimum absolute atomic E-state index is 0.0407. The maximum absolute atomic E-state index is 13.8. The monoisotopic (exact) mass is 313 g/mol. The second-order valence-electron chi connectivity index (χ2n) is 5.26. The van der Waals surface area contributed by atoms with Gasteiger partial charge in [0.25, 0.3) is 0 Å². The fourth-order valence-electron chi connectivity index (χ4n) is 2.34. The van der Waals surface area contributed by atoms with Crippen molar-refractivity contribution in [3.8, 4) is 11.9 Å². The molecule has 1 aromatic heterocycles. The predicted molar refractivity (Wildman–Crippen MR) is 82.4 cm³/mol. The molecule has 7 heteroatoms. The highest BCUT2D eigenvalue weighted by molar-refractivity contribution is 5.33. The zero-order valence-electron chi connectivity index (χ0n) is 12.4. The Labute approximate surface area is 133 Å². The molecule has 3 rings (SSSR count). The Morgan fingerprint density at radius 1 is 1.43 bits per heavy atom. The van der Waals surface area contributed by atoms with Crippen LogP contribution in [0.2, 0.25) is 0 Å². The van der Waals surface area contributed by atoms with Crippen LogP contribution in [0.15, 0.2) is 30.5 Å². The molecule has 1 aliphatic heterocycles. The molecule has 0 amide bonds. The van der Waals surface area contributed by atoms with Crippen molar-refractivity contribution in [3.63, 3.8) is 0 Å². The van der Waals surface area contributed by atoms with Gasteiger partial charge in [-0.15, -0.1) is 0 Å². The molecule has 0 bridgehead atoms. The van der Waals surface area contributed by atoms with E-state index < -0.39 is 5.82 Å². The third-order valence-electron chi connectivity index (χ3n) is 3.58. The summed E-state index contributed by atoms with van der Waals surface area (Å²) in [7, 11) is 0. The number of aromatic nitrogens is 2. The van der Waals surface area contributed by atoms with E-state index in [4.69, 9.17) is 10.00 Å². The van der Waals surface area contributed by atoms with E-state index in [1.807, 2.05) is 6.07 Å². The Morgan fingerprint density at radius 2 is 2.35 bits per heavy atom.